The van der Waals surface area contributed by atoms with E-state index in [9.17, 15) is 4.79 Å². The molecule has 0 aliphatic heterocycles. The molecule has 0 fully saturated rings. The van der Waals surface area contributed by atoms with Gasteiger partial charge in [0.1, 0.15) is 5.69 Å². The van der Waals surface area contributed by atoms with Crippen molar-refractivity contribution in [3.63, 3.8) is 0 Å². The Morgan fingerprint density at radius 1 is 1.25 bits per heavy atom. The van der Waals surface area contributed by atoms with E-state index in [0.29, 0.717) is 5.69 Å². The van der Waals surface area contributed by atoms with Crippen LogP contribution in [0, 0.1) is 6.92 Å². The Morgan fingerprint density at radius 3 is 2.85 bits per heavy atom. The van der Waals surface area contributed by atoms with Crippen LogP contribution in [-0.4, -0.2) is 22.9 Å². The molecule has 0 spiro atoms. The molecule has 0 unspecified atom stereocenters. The van der Waals surface area contributed by atoms with Gasteiger partial charge in [0.05, 0.1) is 0 Å². The van der Waals surface area contributed by atoms with Crippen molar-refractivity contribution in [3.05, 3.63) is 60.0 Å². The topological polar surface area (TPSA) is 49.0 Å². The normalized spacial score (nSPS) is 10.7. The van der Waals surface area contributed by atoms with Crippen LogP contribution in [0.2, 0.25) is 0 Å². The molecule has 0 saturated heterocycles. The minimum absolute atomic E-state index is 0.0631. The van der Waals surface area contributed by atoms with Crippen LogP contribution in [0.25, 0.3) is 10.9 Å². The summed E-state index contributed by atoms with van der Waals surface area (Å²) in [4.78, 5) is 21.3. The van der Waals surface area contributed by atoms with Crippen LogP contribution in [0.4, 0.5) is 5.69 Å². The smallest absolute Gasteiger partial charge is 0.274 e. The van der Waals surface area contributed by atoms with Gasteiger partial charge < -0.3 is 9.88 Å². The van der Waals surface area contributed by atoms with Gasteiger partial charge in [-0.15, -0.1) is 0 Å². The highest BCUT2D eigenvalue weighted by Gasteiger charge is 2.15. The summed E-state index contributed by atoms with van der Waals surface area (Å²) in [6, 6.07) is 11.6. The minimum Gasteiger partial charge on any atom is -0.350 e. The van der Waals surface area contributed by atoms with E-state index in [1.54, 1.807) is 24.3 Å². The number of fused-ring (bicyclic) bond motifs is 1. The Labute approximate surface area is 117 Å². The average Bonchev–Trinajstić information content (AvgIpc) is 2.89. The number of pyridine rings is 1. The average molecular weight is 265 g/mol. The number of anilines is 1. The van der Waals surface area contributed by atoms with Crippen LogP contribution >= 0.6 is 0 Å². The van der Waals surface area contributed by atoms with E-state index in [0.717, 1.165) is 22.2 Å². The van der Waals surface area contributed by atoms with Gasteiger partial charge in [0.25, 0.3) is 5.91 Å². The van der Waals surface area contributed by atoms with E-state index < -0.39 is 0 Å². The lowest BCUT2D eigenvalue weighted by atomic mass is 10.2. The summed E-state index contributed by atoms with van der Waals surface area (Å²) >= 11 is 0. The number of nitrogens with one attached hydrogen (secondary N) is 1. The van der Waals surface area contributed by atoms with Crippen molar-refractivity contribution in [1.82, 2.24) is 9.97 Å². The Morgan fingerprint density at radius 2 is 2.10 bits per heavy atom. The van der Waals surface area contributed by atoms with Gasteiger partial charge in [0, 0.05) is 36.0 Å². The summed E-state index contributed by atoms with van der Waals surface area (Å²) in [6.45, 7) is 2.01. The number of nitrogens with zero attached hydrogens (tertiary/aromatic N) is 2. The summed E-state index contributed by atoms with van der Waals surface area (Å²) in [6.07, 6.45) is 3.45. The molecule has 2 aromatic heterocycles. The molecule has 4 heteroatoms. The van der Waals surface area contributed by atoms with Crippen LogP contribution in [0.3, 0.4) is 0 Å². The van der Waals surface area contributed by atoms with E-state index in [2.05, 4.69) is 9.97 Å². The zero-order valence-corrected chi connectivity index (χ0v) is 11.4. The van der Waals surface area contributed by atoms with Crippen LogP contribution in [0.1, 0.15) is 16.1 Å². The number of benzene rings is 1. The molecule has 1 N–H and O–H groups in total. The lowest BCUT2D eigenvalue weighted by molar-refractivity contribution is 0.0989. The standard InChI is InChI=1S/C16H15N3O/c1-11-4-3-5-13(8-11)19(2)16(20)15-9-12-10-17-7-6-14(12)18-15/h3-10,18H,1-2H3. The number of aromatic amines is 1. The maximum atomic E-state index is 12.5. The van der Waals surface area contributed by atoms with Gasteiger partial charge in [-0.25, -0.2) is 0 Å². The number of amides is 1. The second-order valence-electron chi connectivity index (χ2n) is 4.85. The Balaban J connectivity index is 1.95. The molecular formula is C16H15N3O. The number of aromatic nitrogens is 2. The highest BCUT2D eigenvalue weighted by Crippen LogP contribution is 2.19. The second kappa shape index (κ2) is 4.81. The predicted molar refractivity (Wildman–Crippen MR) is 80.0 cm³/mol. The summed E-state index contributed by atoms with van der Waals surface area (Å²) in [7, 11) is 1.78. The Kier molecular flexibility index (Phi) is 2.99. The molecule has 1 amide bonds. The number of carbonyl (C=O) groups is 1. The Hall–Kier alpha value is -2.62. The summed E-state index contributed by atoms with van der Waals surface area (Å²) in [5.41, 5.74) is 3.49. The molecular weight excluding hydrogens is 250 g/mol. The first-order valence-electron chi connectivity index (χ1n) is 6.42. The van der Waals surface area contributed by atoms with E-state index in [1.165, 1.54) is 0 Å². The SMILES string of the molecule is Cc1cccc(N(C)C(=O)c2cc3cnccc3[nH]2)c1. The third-order valence-corrected chi connectivity index (χ3v) is 3.35. The van der Waals surface area contributed by atoms with Crippen molar-refractivity contribution < 1.29 is 4.79 Å². The zero-order chi connectivity index (χ0) is 14.1. The van der Waals surface area contributed by atoms with E-state index in [1.807, 2.05) is 43.3 Å². The lowest BCUT2D eigenvalue weighted by Crippen LogP contribution is -2.26. The lowest BCUT2D eigenvalue weighted by Gasteiger charge is -2.16. The molecule has 3 rings (SSSR count). The van der Waals surface area contributed by atoms with Crippen molar-refractivity contribution in [2.24, 2.45) is 0 Å². The van der Waals surface area contributed by atoms with Gasteiger partial charge in [-0.3, -0.25) is 9.78 Å². The van der Waals surface area contributed by atoms with Crippen LogP contribution in [0.15, 0.2) is 48.8 Å². The van der Waals surface area contributed by atoms with Gasteiger partial charge in [0.2, 0.25) is 0 Å². The molecule has 0 saturated carbocycles. The number of hydrogen-bond donors (Lipinski definition) is 1. The number of H-pyrrole nitrogens is 1. The molecule has 1 aromatic carbocycles. The van der Waals surface area contributed by atoms with Crippen molar-refractivity contribution in [2.45, 2.75) is 6.92 Å². The number of carbonyl (C=O) groups excluding carboxylic acids is 1. The highest BCUT2D eigenvalue weighted by atomic mass is 16.2. The quantitative estimate of drug-likeness (QED) is 0.773. The van der Waals surface area contributed by atoms with Crippen LogP contribution in [-0.2, 0) is 0 Å². The number of hydrogen-bond acceptors (Lipinski definition) is 2. The van der Waals surface area contributed by atoms with Crippen molar-refractivity contribution in [1.29, 1.82) is 0 Å². The first-order valence-corrected chi connectivity index (χ1v) is 6.42. The molecule has 0 radical (unpaired) electrons. The fourth-order valence-electron chi connectivity index (χ4n) is 2.22. The minimum atomic E-state index is -0.0631. The van der Waals surface area contributed by atoms with Crippen molar-refractivity contribution in [2.75, 3.05) is 11.9 Å². The molecule has 0 atom stereocenters. The summed E-state index contributed by atoms with van der Waals surface area (Å²) in [5.74, 6) is -0.0631. The molecule has 100 valence electrons. The number of rotatable bonds is 2. The highest BCUT2D eigenvalue weighted by molar-refractivity contribution is 6.07. The van der Waals surface area contributed by atoms with E-state index >= 15 is 0 Å². The Bertz CT molecular complexity index is 743. The van der Waals surface area contributed by atoms with E-state index in [4.69, 9.17) is 0 Å². The molecule has 4 nitrogen and oxygen atoms in total. The van der Waals surface area contributed by atoms with Gasteiger partial charge in [-0.1, -0.05) is 12.1 Å². The van der Waals surface area contributed by atoms with E-state index in [-0.39, 0.29) is 5.91 Å². The predicted octanol–water partition coefficient (Wildman–Crippen LogP) is 3.15. The number of aryl methyl sites for hydroxylation is 1. The second-order valence-corrected chi connectivity index (χ2v) is 4.85. The molecule has 2 heterocycles. The monoisotopic (exact) mass is 265 g/mol. The molecule has 20 heavy (non-hydrogen) atoms. The first-order chi connectivity index (χ1) is 9.65. The molecule has 3 aromatic rings. The van der Waals surface area contributed by atoms with Crippen LogP contribution < -0.4 is 4.90 Å². The zero-order valence-electron chi connectivity index (χ0n) is 11.4. The van der Waals surface area contributed by atoms with Gasteiger partial charge in [0.15, 0.2) is 0 Å². The van der Waals surface area contributed by atoms with Gasteiger partial charge in [-0.05, 0) is 36.8 Å². The van der Waals surface area contributed by atoms with Gasteiger partial charge >= 0.3 is 0 Å². The molecule has 0 aliphatic rings. The summed E-state index contributed by atoms with van der Waals surface area (Å²) in [5, 5.41) is 0.938. The largest absolute Gasteiger partial charge is 0.350 e. The van der Waals surface area contributed by atoms with Crippen molar-refractivity contribution in [3.8, 4) is 0 Å². The van der Waals surface area contributed by atoms with Crippen LogP contribution in [0.5, 0.6) is 0 Å². The molecule has 0 aliphatic carbocycles. The van der Waals surface area contributed by atoms with Crippen molar-refractivity contribution >= 4 is 22.5 Å². The fraction of sp³-hybridized carbons (Fsp3) is 0.125. The molecule has 0 bridgehead atoms. The summed E-state index contributed by atoms with van der Waals surface area (Å²) < 4.78 is 0. The van der Waals surface area contributed by atoms with Gasteiger partial charge in [-0.2, -0.15) is 0 Å². The maximum Gasteiger partial charge on any atom is 0.274 e. The third kappa shape index (κ3) is 2.16. The maximum absolute atomic E-state index is 12.5. The fourth-order valence-corrected chi connectivity index (χ4v) is 2.22. The third-order valence-electron chi connectivity index (χ3n) is 3.35. The first kappa shape index (κ1) is 12.4.